The van der Waals surface area contributed by atoms with Crippen molar-refractivity contribution in [3.05, 3.63) is 34.9 Å². The van der Waals surface area contributed by atoms with E-state index in [1.807, 2.05) is 18.2 Å². The van der Waals surface area contributed by atoms with Crippen LogP contribution in [0, 0.1) is 11.3 Å². The highest BCUT2D eigenvalue weighted by Gasteiger charge is 2.46. The second kappa shape index (κ2) is 6.45. The number of fused-ring (bicyclic) bond motifs is 1. The Bertz CT molecular complexity index is 697. The lowest BCUT2D eigenvalue weighted by molar-refractivity contribution is -0.151. The minimum atomic E-state index is -0.300. The molecular weight excluding hydrogens is 318 g/mol. The van der Waals surface area contributed by atoms with Crippen molar-refractivity contribution in [3.63, 3.8) is 0 Å². The molecule has 1 atom stereocenters. The molecule has 2 fully saturated rings. The smallest absolute Gasteiger partial charge is 0.337 e. The molecule has 2 saturated heterocycles. The molecule has 1 aromatic carbocycles. The third-order valence-electron chi connectivity index (χ3n) is 6.04. The molecule has 2 heterocycles. The zero-order valence-electron chi connectivity index (χ0n) is 14.8. The molecule has 1 aliphatic carbocycles. The van der Waals surface area contributed by atoms with Gasteiger partial charge in [-0.25, -0.2) is 4.79 Å². The zero-order valence-corrected chi connectivity index (χ0v) is 14.8. The van der Waals surface area contributed by atoms with E-state index < -0.39 is 0 Å². The predicted molar refractivity (Wildman–Crippen MR) is 92.4 cm³/mol. The van der Waals surface area contributed by atoms with Crippen molar-refractivity contribution in [2.45, 2.75) is 32.1 Å². The minimum absolute atomic E-state index is 0.247. The lowest BCUT2D eigenvalue weighted by atomic mass is 9.66. The Kier molecular flexibility index (Phi) is 4.28. The fraction of sp³-hybridized carbons (Fsp3) is 0.600. The molecule has 134 valence electrons. The fourth-order valence-corrected chi connectivity index (χ4v) is 4.53. The van der Waals surface area contributed by atoms with E-state index in [-0.39, 0.29) is 11.4 Å². The number of hydrogen-bond donors (Lipinski definition) is 0. The number of methoxy groups -OCH3 is 1. The normalized spacial score (nSPS) is 26.3. The van der Waals surface area contributed by atoms with Gasteiger partial charge in [0.1, 0.15) is 0 Å². The maximum atomic E-state index is 13.2. The van der Waals surface area contributed by atoms with Gasteiger partial charge in [0.2, 0.25) is 5.91 Å². The first-order chi connectivity index (χ1) is 12.1. The molecule has 0 radical (unpaired) electrons. The van der Waals surface area contributed by atoms with Crippen LogP contribution in [0.4, 0.5) is 0 Å². The Morgan fingerprint density at radius 1 is 1.32 bits per heavy atom. The molecule has 25 heavy (non-hydrogen) atoms. The predicted octanol–water partition coefficient (Wildman–Crippen LogP) is 2.22. The van der Waals surface area contributed by atoms with Gasteiger partial charge >= 0.3 is 5.97 Å². The molecule has 0 unspecified atom stereocenters. The summed E-state index contributed by atoms with van der Waals surface area (Å²) in [6.45, 7) is 3.30. The third kappa shape index (κ3) is 2.95. The molecule has 1 spiro atoms. The summed E-state index contributed by atoms with van der Waals surface area (Å²) in [6, 6.07) is 5.76. The van der Waals surface area contributed by atoms with Gasteiger partial charge in [-0.15, -0.1) is 0 Å². The number of amides is 1. The SMILES string of the molecule is COC(=O)c1ccc2c(c1)CC[C@]1(CCCN(CC3COC3)C1=O)C2. The molecule has 0 N–H and O–H groups in total. The Labute approximate surface area is 148 Å². The molecule has 5 heteroatoms. The van der Waals surface area contributed by atoms with E-state index in [2.05, 4.69) is 4.90 Å². The van der Waals surface area contributed by atoms with Crippen LogP contribution >= 0.6 is 0 Å². The number of nitrogens with zero attached hydrogens (tertiary/aromatic N) is 1. The van der Waals surface area contributed by atoms with Crippen LogP contribution in [0.3, 0.4) is 0 Å². The van der Waals surface area contributed by atoms with Crippen molar-refractivity contribution < 1.29 is 19.1 Å². The van der Waals surface area contributed by atoms with E-state index in [9.17, 15) is 9.59 Å². The Morgan fingerprint density at radius 3 is 2.88 bits per heavy atom. The number of likely N-dealkylation sites (tertiary alicyclic amines) is 1. The van der Waals surface area contributed by atoms with Gasteiger partial charge in [0, 0.05) is 19.0 Å². The summed E-state index contributed by atoms with van der Waals surface area (Å²) in [4.78, 5) is 27.0. The number of ether oxygens (including phenoxy) is 2. The van der Waals surface area contributed by atoms with Crippen molar-refractivity contribution in [2.75, 3.05) is 33.4 Å². The monoisotopic (exact) mass is 343 g/mol. The number of esters is 1. The summed E-state index contributed by atoms with van der Waals surface area (Å²) in [7, 11) is 1.40. The Hall–Kier alpha value is -1.88. The Balaban J connectivity index is 1.53. The van der Waals surface area contributed by atoms with Gasteiger partial charge in [-0.05, 0) is 55.4 Å². The number of aryl methyl sites for hydroxylation is 1. The number of carbonyl (C=O) groups is 2. The van der Waals surface area contributed by atoms with Crippen molar-refractivity contribution >= 4 is 11.9 Å². The van der Waals surface area contributed by atoms with Gasteiger partial charge in [-0.2, -0.15) is 0 Å². The van der Waals surface area contributed by atoms with Gasteiger partial charge in [0.05, 0.1) is 31.3 Å². The van der Waals surface area contributed by atoms with E-state index in [1.54, 1.807) is 0 Å². The lowest BCUT2D eigenvalue weighted by Gasteiger charge is -2.46. The number of carbonyl (C=O) groups excluding carboxylic acids is 2. The maximum Gasteiger partial charge on any atom is 0.337 e. The van der Waals surface area contributed by atoms with E-state index in [0.717, 1.165) is 58.4 Å². The highest BCUT2D eigenvalue weighted by Crippen LogP contribution is 2.43. The number of hydrogen-bond acceptors (Lipinski definition) is 4. The standard InChI is InChI=1S/C20H25NO4/c1-24-18(22)16-3-4-17-10-20(7-5-15(17)9-16)6-2-8-21(19(20)23)11-14-12-25-13-14/h3-4,9,14H,2,5-8,10-13H2,1H3/t20-/m1/s1. The summed E-state index contributed by atoms with van der Waals surface area (Å²) in [6.07, 6.45) is 4.57. The zero-order chi connectivity index (χ0) is 17.4. The number of rotatable bonds is 3. The minimum Gasteiger partial charge on any atom is -0.465 e. The van der Waals surface area contributed by atoms with E-state index in [0.29, 0.717) is 17.4 Å². The van der Waals surface area contributed by atoms with Gasteiger partial charge in [0.25, 0.3) is 0 Å². The highest BCUT2D eigenvalue weighted by atomic mass is 16.5. The third-order valence-corrected chi connectivity index (χ3v) is 6.04. The van der Waals surface area contributed by atoms with Crippen LogP contribution in [0.5, 0.6) is 0 Å². The first-order valence-corrected chi connectivity index (χ1v) is 9.18. The van der Waals surface area contributed by atoms with Crippen LogP contribution in [0.15, 0.2) is 18.2 Å². The van der Waals surface area contributed by atoms with Crippen molar-refractivity contribution in [1.82, 2.24) is 4.90 Å². The maximum absolute atomic E-state index is 13.2. The summed E-state index contributed by atoms with van der Waals surface area (Å²) in [5.41, 5.74) is 2.74. The fourth-order valence-electron chi connectivity index (χ4n) is 4.53. The Morgan fingerprint density at radius 2 is 2.16 bits per heavy atom. The average Bonchev–Trinajstić information content (AvgIpc) is 2.60. The van der Waals surface area contributed by atoms with Crippen molar-refractivity contribution in [1.29, 1.82) is 0 Å². The topological polar surface area (TPSA) is 55.8 Å². The lowest BCUT2D eigenvalue weighted by Crippen LogP contribution is -2.54. The molecule has 0 bridgehead atoms. The first-order valence-electron chi connectivity index (χ1n) is 9.18. The molecule has 0 aromatic heterocycles. The second-order valence-electron chi connectivity index (χ2n) is 7.69. The number of benzene rings is 1. The van der Waals surface area contributed by atoms with Crippen LogP contribution < -0.4 is 0 Å². The van der Waals surface area contributed by atoms with Crippen molar-refractivity contribution in [3.8, 4) is 0 Å². The van der Waals surface area contributed by atoms with Gasteiger partial charge in [-0.1, -0.05) is 6.07 Å². The molecule has 3 aliphatic rings. The molecule has 2 aliphatic heterocycles. The number of piperidine rings is 1. The van der Waals surface area contributed by atoms with Crippen molar-refractivity contribution in [2.24, 2.45) is 11.3 Å². The largest absolute Gasteiger partial charge is 0.465 e. The summed E-state index contributed by atoms with van der Waals surface area (Å²) in [5, 5.41) is 0. The molecule has 1 aromatic rings. The van der Waals surface area contributed by atoms with E-state index >= 15 is 0 Å². The quantitative estimate of drug-likeness (QED) is 0.790. The summed E-state index contributed by atoms with van der Waals surface area (Å²) in [5.74, 6) is 0.539. The summed E-state index contributed by atoms with van der Waals surface area (Å²) < 4.78 is 10.1. The average molecular weight is 343 g/mol. The molecule has 5 nitrogen and oxygen atoms in total. The van der Waals surface area contributed by atoms with E-state index in [1.165, 1.54) is 18.2 Å². The highest BCUT2D eigenvalue weighted by molar-refractivity contribution is 5.90. The van der Waals surface area contributed by atoms with E-state index in [4.69, 9.17) is 9.47 Å². The van der Waals surface area contributed by atoms with Gasteiger partial charge < -0.3 is 14.4 Å². The second-order valence-corrected chi connectivity index (χ2v) is 7.69. The molecule has 4 rings (SSSR count). The van der Waals surface area contributed by atoms with Crippen LogP contribution in [-0.2, 0) is 27.1 Å². The molecular formula is C20H25NO4. The first kappa shape index (κ1) is 16.6. The van der Waals surface area contributed by atoms with Crippen LogP contribution in [0.1, 0.15) is 40.7 Å². The molecule has 0 saturated carbocycles. The van der Waals surface area contributed by atoms with Crippen LogP contribution in [-0.4, -0.2) is 50.2 Å². The van der Waals surface area contributed by atoms with Gasteiger partial charge in [0.15, 0.2) is 0 Å². The van der Waals surface area contributed by atoms with Crippen LogP contribution in [0.25, 0.3) is 0 Å². The van der Waals surface area contributed by atoms with Gasteiger partial charge in [-0.3, -0.25) is 4.79 Å². The molecule has 1 amide bonds. The van der Waals surface area contributed by atoms with Crippen LogP contribution in [0.2, 0.25) is 0 Å². The summed E-state index contributed by atoms with van der Waals surface area (Å²) >= 11 is 0.